The fourth-order valence-corrected chi connectivity index (χ4v) is 4.08. The van der Waals surface area contributed by atoms with Gasteiger partial charge in [0, 0.05) is 13.6 Å². The zero-order chi connectivity index (χ0) is 17.4. The van der Waals surface area contributed by atoms with Gasteiger partial charge in [0.15, 0.2) is 11.5 Å². The van der Waals surface area contributed by atoms with Crippen molar-refractivity contribution in [3.8, 4) is 11.5 Å². The summed E-state index contributed by atoms with van der Waals surface area (Å²) in [4.78, 5) is 0.287. The van der Waals surface area contributed by atoms with Crippen LogP contribution in [0.1, 0.15) is 5.56 Å². The fourth-order valence-electron chi connectivity index (χ4n) is 2.89. The first-order valence-electron chi connectivity index (χ1n) is 7.88. The number of ether oxygens (including phenoxy) is 2. The lowest BCUT2D eigenvalue weighted by molar-refractivity contribution is 0.174. The summed E-state index contributed by atoms with van der Waals surface area (Å²) in [5.41, 5.74) is 0.844. The highest BCUT2D eigenvalue weighted by Gasteiger charge is 2.22. The standard InChI is InChI=1S/C19H17NO4S/c1-20(12-14-6-9-18-19(10-14)24-13-23-18)25(21,22)17-8-7-15-4-2-3-5-16(15)11-17/h2-11H,12-13H2,1H3. The van der Waals surface area contributed by atoms with Gasteiger partial charge >= 0.3 is 0 Å². The van der Waals surface area contributed by atoms with Gasteiger partial charge in [0.1, 0.15) is 0 Å². The first-order valence-corrected chi connectivity index (χ1v) is 9.32. The van der Waals surface area contributed by atoms with Crippen LogP contribution in [0.15, 0.2) is 65.6 Å². The average molecular weight is 355 g/mol. The molecule has 3 aromatic carbocycles. The Kier molecular flexibility index (Phi) is 3.86. The van der Waals surface area contributed by atoms with Crippen molar-refractivity contribution in [1.29, 1.82) is 0 Å². The summed E-state index contributed by atoms with van der Waals surface area (Å²) in [7, 11) is -2.00. The van der Waals surface area contributed by atoms with E-state index < -0.39 is 10.0 Å². The van der Waals surface area contributed by atoms with Gasteiger partial charge in [-0.25, -0.2) is 8.42 Å². The van der Waals surface area contributed by atoms with Crippen molar-refractivity contribution in [1.82, 2.24) is 4.31 Å². The lowest BCUT2D eigenvalue weighted by Gasteiger charge is -2.18. The van der Waals surface area contributed by atoms with Gasteiger partial charge in [-0.2, -0.15) is 4.31 Å². The molecule has 0 amide bonds. The molecule has 25 heavy (non-hydrogen) atoms. The van der Waals surface area contributed by atoms with E-state index in [1.54, 1.807) is 25.2 Å². The van der Waals surface area contributed by atoms with E-state index >= 15 is 0 Å². The van der Waals surface area contributed by atoms with Crippen LogP contribution in [0.5, 0.6) is 11.5 Å². The minimum Gasteiger partial charge on any atom is -0.454 e. The summed E-state index contributed by atoms with van der Waals surface area (Å²) in [6.07, 6.45) is 0. The van der Waals surface area contributed by atoms with Crippen molar-refractivity contribution < 1.29 is 17.9 Å². The summed E-state index contributed by atoms with van der Waals surface area (Å²) >= 11 is 0. The maximum absolute atomic E-state index is 12.9. The van der Waals surface area contributed by atoms with Crippen LogP contribution in [0, 0.1) is 0 Å². The zero-order valence-corrected chi connectivity index (χ0v) is 14.5. The Labute approximate surface area is 146 Å². The second-order valence-corrected chi connectivity index (χ2v) is 8.00. The minimum atomic E-state index is -3.58. The minimum absolute atomic E-state index is 0.198. The summed E-state index contributed by atoms with van der Waals surface area (Å²) in [6, 6.07) is 18.3. The molecule has 128 valence electrons. The maximum Gasteiger partial charge on any atom is 0.243 e. The molecule has 5 nitrogen and oxygen atoms in total. The quantitative estimate of drug-likeness (QED) is 0.720. The van der Waals surface area contributed by atoms with Crippen LogP contribution in [0.4, 0.5) is 0 Å². The van der Waals surface area contributed by atoms with E-state index in [-0.39, 0.29) is 18.2 Å². The van der Waals surface area contributed by atoms with Gasteiger partial charge < -0.3 is 9.47 Å². The zero-order valence-electron chi connectivity index (χ0n) is 13.7. The third-order valence-electron chi connectivity index (χ3n) is 4.27. The van der Waals surface area contributed by atoms with Crippen molar-refractivity contribution in [3.63, 3.8) is 0 Å². The number of nitrogens with zero attached hydrogens (tertiary/aromatic N) is 1. The van der Waals surface area contributed by atoms with Crippen LogP contribution < -0.4 is 9.47 Å². The van der Waals surface area contributed by atoms with Crippen molar-refractivity contribution in [3.05, 3.63) is 66.2 Å². The summed E-state index contributed by atoms with van der Waals surface area (Å²) < 4.78 is 37.7. The van der Waals surface area contributed by atoms with Gasteiger partial charge in [-0.1, -0.05) is 36.4 Å². The SMILES string of the molecule is CN(Cc1ccc2c(c1)OCO2)S(=O)(=O)c1ccc2ccccc2c1. The van der Waals surface area contributed by atoms with Crippen LogP contribution in [0.25, 0.3) is 10.8 Å². The molecule has 0 unspecified atom stereocenters. The smallest absolute Gasteiger partial charge is 0.243 e. The summed E-state index contributed by atoms with van der Waals surface area (Å²) in [5.74, 6) is 1.33. The predicted octanol–water partition coefficient (Wildman–Crippen LogP) is 3.39. The maximum atomic E-state index is 12.9. The molecule has 0 aliphatic carbocycles. The van der Waals surface area contributed by atoms with Crippen molar-refractivity contribution in [2.75, 3.05) is 13.8 Å². The van der Waals surface area contributed by atoms with Gasteiger partial charge in [-0.3, -0.25) is 0 Å². The summed E-state index contributed by atoms with van der Waals surface area (Å²) in [6.45, 7) is 0.454. The van der Waals surface area contributed by atoms with Crippen LogP contribution in [-0.4, -0.2) is 26.6 Å². The van der Waals surface area contributed by atoms with E-state index in [1.807, 2.05) is 42.5 Å². The Balaban J connectivity index is 1.62. The van der Waals surface area contributed by atoms with Gasteiger partial charge in [0.2, 0.25) is 16.8 Å². The molecule has 0 saturated heterocycles. The van der Waals surface area contributed by atoms with E-state index in [9.17, 15) is 8.42 Å². The van der Waals surface area contributed by atoms with E-state index in [2.05, 4.69) is 0 Å². The normalized spacial score (nSPS) is 13.5. The van der Waals surface area contributed by atoms with Crippen molar-refractivity contribution in [2.45, 2.75) is 11.4 Å². The predicted molar refractivity (Wildman–Crippen MR) is 95.2 cm³/mol. The Morgan fingerprint density at radius 1 is 0.920 bits per heavy atom. The molecule has 0 radical (unpaired) electrons. The number of hydrogen-bond acceptors (Lipinski definition) is 4. The Morgan fingerprint density at radius 3 is 2.52 bits per heavy atom. The van der Waals surface area contributed by atoms with E-state index in [0.29, 0.717) is 11.5 Å². The number of benzene rings is 3. The van der Waals surface area contributed by atoms with Gasteiger partial charge in [-0.15, -0.1) is 0 Å². The topological polar surface area (TPSA) is 55.8 Å². The van der Waals surface area contributed by atoms with E-state index in [4.69, 9.17) is 9.47 Å². The van der Waals surface area contributed by atoms with Crippen LogP contribution >= 0.6 is 0 Å². The van der Waals surface area contributed by atoms with Crippen molar-refractivity contribution in [2.24, 2.45) is 0 Å². The molecule has 0 atom stereocenters. The second kappa shape index (κ2) is 6.06. The van der Waals surface area contributed by atoms with E-state index in [1.165, 1.54) is 4.31 Å². The van der Waals surface area contributed by atoms with Gasteiger partial charge in [0.25, 0.3) is 0 Å². The largest absolute Gasteiger partial charge is 0.454 e. The molecule has 3 aromatic rings. The summed E-state index contributed by atoms with van der Waals surface area (Å²) in [5, 5.41) is 1.92. The first kappa shape index (κ1) is 15.9. The van der Waals surface area contributed by atoms with E-state index in [0.717, 1.165) is 16.3 Å². The van der Waals surface area contributed by atoms with Crippen LogP contribution in [0.3, 0.4) is 0 Å². The number of rotatable bonds is 4. The molecule has 0 N–H and O–H groups in total. The first-order chi connectivity index (χ1) is 12.0. The fraction of sp³-hybridized carbons (Fsp3) is 0.158. The molecular formula is C19H17NO4S. The molecule has 1 aliphatic heterocycles. The third-order valence-corrected chi connectivity index (χ3v) is 6.07. The molecule has 0 bridgehead atoms. The molecule has 0 aromatic heterocycles. The molecule has 0 fully saturated rings. The molecular weight excluding hydrogens is 338 g/mol. The van der Waals surface area contributed by atoms with Crippen LogP contribution in [-0.2, 0) is 16.6 Å². The average Bonchev–Trinajstić information content (AvgIpc) is 3.09. The Bertz CT molecular complexity index is 1050. The number of hydrogen-bond donors (Lipinski definition) is 0. The monoisotopic (exact) mass is 355 g/mol. The highest BCUT2D eigenvalue weighted by atomic mass is 32.2. The number of fused-ring (bicyclic) bond motifs is 2. The lowest BCUT2D eigenvalue weighted by Crippen LogP contribution is -2.26. The van der Waals surface area contributed by atoms with Crippen LogP contribution in [0.2, 0.25) is 0 Å². The third kappa shape index (κ3) is 2.94. The highest BCUT2D eigenvalue weighted by molar-refractivity contribution is 7.89. The molecule has 6 heteroatoms. The Morgan fingerprint density at radius 2 is 1.68 bits per heavy atom. The Hall–Kier alpha value is -2.57. The lowest BCUT2D eigenvalue weighted by atomic mass is 10.1. The second-order valence-electron chi connectivity index (χ2n) is 5.96. The van der Waals surface area contributed by atoms with Gasteiger partial charge in [-0.05, 0) is 40.6 Å². The highest BCUT2D eigenvalue weighted by Crippen LogP contribution is 2.33. The number of sulfonamides is 1. The molecule has 0 saturated carbocycles. The van der Waals surface area contributed by atoms with Crippen molar-refractivity contribution >= 4 is 20.8 Å². The molecule has 4 rings (SSSR count). The molecule has 1 aliphatic rings. The molecule has 0 spiro atoms. The van der Waals surface area contributed by atoms with Gasteiger partial charge in [0.05, 0.1) is 4.90 Å². The molecule has 1 heterocycles.